The topological polar surface area (TPSA) is 50.4 Å². The van der Waals surface area contributed by atoms with E-state index in [1.165, 1.54) is 0 Å². The fourth-order valence-corrected chi connectivity index (χ4v) is 2.37. The first-order valence-corrected chi connectivity index (χ1v) is 8.50. The molecule has 0 spiro atoms. The molecule has 0 heterocycles. The first kappa shape index (κ1) is 18.1. The minimum absolute atomic E-state index is 0.138. The number of ether oxygens (including phenoxy) is 1. The fourth-order valence-electron chi connectivity index (χ4n) is 2.19. The van der Waals surface area contributed by atoms with Crippen LogP contribution in [-0.4, -0.2) is 19.1 Å². The molecular formula is C19H23ClN2O2. The van der Waals surface area contributed by atoms with Gasteiger partial charge < -0.3 is 15.4 Å². The summed E-state index contributed by atoms with van der Waals surface area (Å²) in [5.74, 6) is 0.555. The van der Waals surface area contributed by atoms with Crippen molar-refractivity contribution >= 4 is 28.9 Å². The molecule has 5 heteroatoms. The first-order chi connectivity index (χ1) is 11.6. The van der Waals surface area contributed by atoms with Gasteiger partial charge in [-0.1, -0.05) is 43.1 Å². The predicted octanol–water partition coefficient (Wildman–Crippen LogP) is 4.88. The number of unbranched alkanes of at least 4 members (excludes halogenated alkanes) is 1. The Morgan fingerprint density at radius 1 is 1.12 bits per heavy atom. The molecule has 0 aromatic heterocycles. The zero-order valence-electron chi connectivity index (χ0n) is 14.1. The summed E-state index contributed by atoms with van der Waals surface area (Å²) in [6, 6.07) is 13.0. The number of anilines is 2. The summed E-state index contributed by atoms with van der Waals surface area (Å²) >= 11 is 6.08. The number of para-hydroxylation sites is 2. The number of rotatable bonds is 8. The van der Waals surface area contributed by atoms with E-state index in [1.807, 2.05) is 49.4 Å². The zero-order valence-corrected chi connectivity index (χ0v) is 14.8. The van der Waals surface area contributed by atoms with Gasteiger partial charge in [-0.25, -0.2) is 0 Å². The van der Waals surface area contributed by atoms with Crippen molar-refractivity contribution in [1.82, 2.24) is 0 Å². The van der Waals surface area contributed by atoms with Crippen molar-refractivity contribution in [1.29, 1.82) is 0 Å². The maximum atomic E-state index is 12.2. The van der Waals surface area contributed by atoms with Crippen LogP contribution in [0.25, 0.3) is 0 Å². The molecule has 0 radical (unpaired) electrons. The molecule has 128 valence electrons. The zero-order chi connectivity index (χ0) is 17.4. The molecule has 0 aliphatic heterocycles. The Balaban J connectivity index is 1.94. The van der Waals surface area contributed by atoms with Gasteiger partial charge in [0.25, 0.3) is 0 Å². The molecule has 0 bridgehead atoms. The van der Waals surface area contributed by atoms with Gasteiger partial charge in [-0.2, -0.15) is 0 Å². The molecule has 0 unspecified atom stereocenters. The van der Waals surface area contributed by atoms with Crippen molar-refractivity contribution in [2.45, 2.75) is 26.7 Å². The molecule has 0 aliphatic carbocycles. The van der Waals surface area contributed by atoms with E-state index in [0.29, 0.717) is 23.1 Å². The van der Waals surface area contributed by atoms with E-state index in [0.717, 1.165) is 24.1 Å². The van der Waals surface area contributed by atoms with Gasteiger partial charge in [0.1, 0.15) is 5.75 Å². The lowest BCUT2D eigenvalue weighted by Gasteiger charge is -2.14. The average molecular weight is 347 g/mol. The van der Waals surface area contributed by atoms with E-state index in [9.17, 15) is 4.79 Å². The van der Waals surface area contributed by atoms with Gasteiger partial charge in [0.05, 0.1) is 18.8 Å². The van der Waals surface area contributed by atoms with E-state index < -0.39 is 0 Å². The Labute approximate surface area is 148 Å². The molecule has 2 N–H and O–H groups in total. The minimum Gasteiger partial charge on any atom is -0.491 e. The number of hydrogen-bond donors (Lipinski definition) is 2. The quantitative estimate of drug-likeness (QED) is 0.670. The van der Waals surface area contributed by atoms with Gasteiger partial charge in [0, 0.05) is 10.7 Å². The second-order valence-electron chi connectivity index (χ2n) is 5.51. The molecule has 2 rings (SSSR count). The summed E-state index contributed by atoms with van der Waals surface area (Å²) < 4.78 is 5.72. The normalized spacial score (nSPS) is 10.3. The molecule has 2 aromatic carbocycles. The summed E-state index contributed by atoms with van der Waals surface area (Å²) in [7, 11) is 0. The van der Waals surface area contributed by atoms with Crippen LogP contribution in [0.15, 0.2) is 42.5 Å². The van der Waals surface area contributed by atoms with Crippen LogP contribution in [0.2, 0.25) is 5.02 Å². The van der Waals surface area contributed by atoms with Gasteiger partial charge >= 0.3 is 0 Å². The number of halogens is 1. The van der Waals surface area contributed by atoms with Crippen LogP contribution in [0.3, 0.4) is 0 Å². The number of carbonyl (C=O) groups excluding carboxylic acids is 1. The third-order valence-corrected chi connectivity index (χ3v) is 4.03. The van der Waals surface area contributed by atoms with E-state index in [-0.39, 0.29) is 12.5 Å². The highest BCUT2D eigenvalue weighted by Gasteiger charge is 2.08. The van der Waals surface area contributed by atoms with Crippen molar-refractivity contribution in [3.8, 4) is 5.75 Å². The maximum absolute atomic E-state index is 12.2. The van der Waals surface area contributed by atoms with Crippen molar-refractivity contribution in [2.24, 2.45) is 0 Å². The second kappa shape index (κ2) is 9.18. The molecule has 0 atom stereocenters. The fraction of sp³-hybridized carbons (Fsp3) is 0.316. The number of carbonyl (C=O) groups is 1. The molecule has 0 saturated carbocycles. The van der Waals surface area contributed by atoms with Crippen LogP contribution in [0, 0.1) is 6.92 Å². The van der Waals surface area contributed by atoms with Crippen molar-refractivity contribution in [3.63, 3.8) is 0 Å². The molecule has 0 saturated heterocycles. The van der Waals surface area contributed by atoms with Crippen molar-refractivity contribution in [2.75, 3.05) is 23.8 Å². The van der Waals surface area contributed by atoms with Gasteiger partial charge in [-0.3, -0.25) is 4.79 Å². The predicted molar refractivity (Wildman–Crippen MR) is 100 cm³/mol. The van der Waals surface area contributed by atoms with Crippen LogP contribution in [-0.2, 0) is 4.79 Å². The summed E-state index contributed by atoms with van der Waals surface area (Å²) in [6.07, 6.45) is 2.05. The van der Waals surface area contributed by atoms with Crippen LogP contribution in [0.4, 0.5) is 11.4 Å². The van der Waals surface area contributed by atoms with E-state index in [1.54, 1.807) is 0 Å². The van der Waals surface area contributed by atoms with E-state index in [4.69, 9.17) is 16.3 Å². The van der Waals surface area contributed by atoms with E-state index >= 15 is 0 Å². The second-order valence-corrected chi connectivity index (χ2v) is 5.92. The Bertz CT molecular complexity index is 689. The Kier molecular flexibility index (Phi) is 6.94. The van der Waals surface area contributed by atoms with Crippen LogP contribution in [0.5, 0.6) is 5.75 Å². The van der Waals surface area contributed by atoms with Gasteiger partial charge in [0.15, 0.2) is 0 Å². The van der Waals surface area contributed by atoms with E-state index in [2.05, 4.69) is 17.6 Å². The molecule has 0 aliphatic rings. The molecule has 2 aromatic rings. The summed E-state index contributed by atoms with van der Waals surface area (Å²) in [6.45, 7) is 4.83. The van der Waals surface area contributed by atoms with Crippen LogP contribution >= 0.6 is 11.6 Å². The molecule has 1 amide bonds. The minimum atomic E-state index is -0.138. The lowest BCUT2D eigenvalue weighted by atomic mass is 10.2. The lowest BCUT2D eigenvalue weighted by molar-refractivity contribution is -0.114. The third kappa shape index (κ3) is 5.17. The Hall–Kier alpha value is -2.20. The Morgan fingerprint density at radius 2 is 1.88 bits per heavy atom. The summed E-state index contributed by atoms with van der Waals surface area (Å²) in [5, 5.41) is 6.67. The molecule has 0 fully saturated rings. The number of amides is 1. The SMILES string of the molecule is CCCCOc1ccccc1NC(=O)CNc1cccc(Cl)c1C. The highest BCUT2D eigenvalue weighted by atomic mass is 35.5. The first-order valence-electron chi connectivity index (χ1n) is 8.12. The average Bonchev–Trinajstić information content (AvgIpc) is 2.58. The highest BCUT2D eigenvalue weighted by molar-refractivity contribution is 6.31. The largest absolute Gasteiger partial charge is 0.491 e. The smallest absolute Gasteiger partial charge is 0.243 e. The number of nitrogens with one attached hydrogen (secondary N) is 2. The van der Waals surface area contributed by atoms with Crippen molar-refractivity contribution < 1.29 is 9.53 Å². The van der Waals surface area contributed by atoms with Crippen molar-refractivity contribution in [3.05, 3.63) is 53.1 Å². The van der Waals surface area contributed by atoms with Crippen LogP contribution in [0.1, 0.15) is 25.3 Å². The number of benzene rings is 2. The Morgan fingerprint density at radius 3 is 2.67 bits per heavy atom. The number of hydrogen-bond acceptors (Lipinski definition) is 3. The highest BCUT2D eigenvalue weighted by Crippen LogP contribution is 2.25. The van der Waals surface area contributed by atoms with Gasteiger partial charge in [-0.15, -0.1) is 0 Å². The molecule has 24 heavy (non-hydrogen) atoms. The summed E-state index contributed by atoms with van der Waals surface area (Å²) in [5.41, 5.74) is 2.46. The lowest BCUT2D eigenvalue weighted by Crippen LogP contribution is -2.22. The molecular weight excluding hydrogens is 324 g/mol. The standard InChI is InChI=1S/C19H23ClN2O2/c1-3-4-12-24-18-11-6-5-9-17(18)22-19(23)13-21-16-10-7-8-15(20)14(16)2/h5-11,21H,3-4,12-13H2,1-2H3,(H,22,23). The summed E-state index contributed by atoms with van der Waals surface area (Å²) in [4.78, 5) is 12.2. The monoisotopic (exact) mass is 346 g/mol. The van der Waals surface area contributed by atoms with Crippen LogP contribution < -0.4 is 15.4 Å². The van der Waals surface area contributed by atoms with Gasteiger partial charge in [0.2, 0.25) is 5.91 Å². The molecule has 4 nitrogen and oxygen atoms in total. The maximum Gasteiger partial charge on any atom is 0.243 e. The van der Waals surface area contributed by atoms with Gasteiger partial charge in [-0.05, 0) is 43.2 Å². The third-order valence-electron chi connectivity index (χ3n) is 3.62.